The average Bonchev–Trinajstić information content (AvgIpc) is 2.59. The molecular formula is C20H36N4O2. The molecule has 0 bridgehead atoms. The number of ether oxygens (including phenoxy) is 2. The van der Waals surface area contributed by atoms with Crippen LogP contribution in [0.25, 0.3) is 0 Å². The summed E-state index contributed by atoms with van der Waals surface area (Å²) in [6.07, 6.45) is 0.101. The number of hydrogen-bond acceptors (Lipinski definition) is 4. The lowest BCUT2D eigenvalue weighted by atomic mass is 9.89. The van der Waals surface area contributed by atoms with E-state index in [2.05, 4.69) is 67.5 Å². The summed E-state index contributed by atoms with van der Waals surface area (Å²) in [5.74, 6) is 1.64. The third-order valence-corrected chi connectivity index (χ3v) is 4.49. The fraction of sp³-hybridized carbons (Fsp3) is 0.650. The summed E-state index contributed by atoms with van der Waals surface area (Å²) in [6, 6.07) is 8.37. The Balaban J connectivity index is 2.72. The Bertz CT molecular complexity index is 567. The second kappa shape index (κ2) is 10.4. The Kier molecular flexibility index (Phi) is 8.88. The molecular weight excluding hydrogens is 328 g/mol. The maximum atomic E-state index is 5.60. The van der Waals surface area contributed by atoms with Crippen LogP contribution >= 0.6 is 0 Å². The van der Waals surface area contributed by atoms with Gasteiger partial charge in [0.2, 0.25) is 0 Å². The number of nitrogens with zero attached hydrogens (tertiary/aromatic N) is 2. The first-order valence-corrected chi connectivity index (χ1v) is 9.00. The third kappa shape index (κ3) is 6.84. The lowest BCUT2D eigenvalue weighted by molar-refractivity contribution is 0.0205. The molecule has 148 valence electrons. The van der Waals surface area contributed by atoms with Crippen LogP contribution in [-0.4, -0.2) is 65.4 Å². The summed E-state index contributed by atoms with van der Waals surface area (Å²) in [5, 5.41) is 6.78. The van der Waals surface area contributed by atoms with Gasteiger partial charge in [0.05, 0.1) is 19.3 Å². The molecule has 1 rings (SSSR count). The predicted molar refractivity (Wildman–Crippen MR) is 109 cm³/mol. The summed E-state index contributed by atoms with van der Waals surface area (Å²) in [7, 11) is 9.36. The van der Waals surface area contributed by atoms with Gasteiger partial charge < -0.3 is 25.0 Å². The van der Waals surface area contributed by atoms with Crippen molar-refractivity contribution in [1.82, 2.24) is 15.5 Å². The number of aliphatic imine (C=N–C) groups is 1. The highest BCUT2D eigenvalue weighted by Gasteiger charge is 2.24. The van der Waals surface area contributed by atoms with Gasteiger partial charge in [-0.25, -0.2) is 0 Å². The fourth-order valence-corrected chi connectivity index (χ4v) is 2.79. The van der Waals surface area contributed by atoms with Crippen molar-refractivity contribution in [3.63, 3.8) is 0 Å². The van der Waals surface area contributed by atoms with Crippen molar-refractivity contribution in [3.05, 3.63) is 29.8 Å². The summed E-state index contributed by atoms with van der Waals surface area (Å²) < 4.78 is 11.0. The molecule has 6 nitrogen and oxygen atoms in total. The van der Waals surface area contributed by atoms with Crippen LogP contribution < -0.4 is 15.4 Å². The SMILES string of the molecule is CN=C(NCC(c1cccc(OC)c1)N(C)C)NCC(OC)C(C)(C)C. The molecule has 0 aromatic heterocycles. The molecule has 1 aromatic carbocycles. The molecule has 2 unspecified atom stereocenters. The quantitative estimate of drug-likeness (QED) is 0.548. The second-order valence-electron chi connectivity index (χ2n) is 7.68. The first-order valence-electron chi connectivity index (χ1n) is 9.00. The van der Waals surface area contributed by atoms with E-state index in [1.54, 1.807) is 21.3 Å². The van der Waals surface area contributed by atoms with Crippen LogP contribution in [0.5, 0.6) is 5.75 Å². The van der Waals surface area contributed by atoms with E-state index in [1.807, 2.05) is 12.1 Å². The minimum absolute atomic E-state index is 0.0629. The van der Waals surface area contributed by atoms with Crippen LogP contribution in [0.1, 0.15) is 32.4 Å². The molecule has 6 heteroatoms. The molecule has 0 spiro atoms. The molecule has 2 atom stereocenters. The molecule has 26 heavy (non-hydrogen) atoms. The molecule has 0 radical (unpaired) electrons. The van der Waals surface area contributed by atoms with Crippen LogP contribution in [-0.2, 0) is 4.74 Å². The molecule has 0 aliphatic rings. The van der Waals surface area contributed by atoms with E-state index in [9.17, 15) is 0 Å². The monoisotopic (exact) mass is 364 g/mol. The molecule has 0 saturated carbocycles. The van der Waals surface area contributed by atoms with Gasteiger partial charge in [0.25, 0.3) is 0 Å². The molecule has 0 amide bonds. The second-order valence-corrected chi connectivity index (χ2v) is 7.68. The van der Waals surface area contributed by atoms with Crippen LogP contribution in [0.15, 0.2) is 29.3 Å². The van der Waals surface area contributed by atoms with Gasteiger partial charge in [0, 0.05) is 27.2 Å². The number of methoxy groups -OCH3 is 2. The molecule has 0 heterocycles. The van der Waals surface area contributed by atoms with Gasteiger partial charge in [-0.3, -0.25) is 4.99 Å². The van der Waals surface area contributed by atoms with E-state index < -0.39 is 0 Å². The smallest absolute Gasteiger partial charge is 0.191 e. The van der Waals surface area contributed by atoms with Crippen molar-refractivity contribution in [2.75, 3.05) is 48.5 Å². The number of likely N-dealkylation sites (N-methyl/N-ethyl adjacent to an activating group) is 1. The zero-order chi connectivity index (χ0) is 19.7. The minimum Gasteiger partial charge on any atom is -0.497 e. The van der Waals surface area contributed by atoms with Crippen molar-refractivity contribution >= 4 is 5.96 Å². The van der Waals surface area contributed by atoms with E-state index in [1.165, 1.54) is 5.56 Å². The highest BCUT2D eigenvalue weighted by molar-refractivity contribution is 5.79. The summed E-state index contributed by atoms with van der Waals surface area (Å²) in [6.45, 7) is 7.94. The fourth-order valence-electron chi connectivity index (χ4n) is 2.79. The lowest BCUT2D eigenvalue weighted by Gasteiger charge is -2.30. The molecule has 0 aliphatic carbocycles. The van der Waals surface area contributed by atoms with E-state index in [0.29, 0.717) is 6.54 Å². The Morgan fingerprint density at radius 3 is 2.31 bits per heavy atom. The molecule has 0 fully saturated rings. The van der Waals surface area contributed by atoms with Crippen LogP contribution in [0.3, 0.4) is 0 Å². The van der Waals surface area contributed by atoms with Crippen LogP contribution in [0, 0.1) is 5.41 Å². The first-order chi connectivity index (χ1) is 12.2. The van der Waals surface area contributed by atoms with E-state index in [-0.39, 0.29) is 17.6 Å². The Labute approximate surface area is 159 Å². The zero-order valence-corrected chi connectivity index (χ0v) is 17.6. The minimum atomic E-state index is 0.0629. The Morgan fingerprint density at radius 2 is 1.81 bits per heavy atom. The summed E-state index contributed by atoms with van der Waals surface area (Å²) in [4.78, 5) is 6.51. The third-order valence-electron chi connectivity index (χ3n) is 4.49. The topological polar surface area (TPSA) is 58.1 Å². The normalized spacial score (nSPS) is 14.9. The first kappa shape index (κ1) is 22.3. The predicted octanol–water partition coefficient (Wildman–Crippen LogP) is 2.52. The number of nitrogens with one attached hydrogen (secondary N) is 2. The van der Waals surface area contributed by atoms with Crippen molar-refractivity contribution in [1.29, 1.82) is 0 Å². The Morgan fingerprint density at radius 1 is 1.15 bits per heavy atom. The highest BCUT2D eigenvalue weighted by Crippen LogP contribution is 2.22. The van der Waals surface area contributed by atoms with E-state index in [4.69, 9.17) is 9.47 Å². The Hall–Kier alpha value is -1.79. The maximum absolute atomic E-state index is 5.60. The highest BCUT2D eigenvalue weighted by atomic mass is 16.5. The molecule has 0 aliphatic heterocycles. The molecule has 1 aromatic rings. The van der Waals surface area contributed by atoms with Crippen molar-refractivity contribution in [3.8, 4) is 5.75 Å². The van der Waals surface area contributed by atoms with Crippen molar-refractivity contribution in [2.24, 2.45) is 10.4 Å². The van der Waals surface area contributed by atoms with Gasteiger partial charge in [-0.05, 0) is 37.2 Å². The van der Waals surface area contributed by atoms with Crippen LogP contribution in [0.4, 0.5) is 0 Å². The summed E-state index contributed by atoms with van der Waals surface area (Å²) >= 11 is 0. The molecule has 0 saturated heterocycles. The number of guanidine groups is 1. The largest absolute Gasteiger partial charge is 0.497 e. The van der Waals surface area contributed by atoms with Gasteiger partial charge in [-0.15, -0.1) is 0 Å². The molecule has 2 N–H and O–H groups in total. The van der Waals surface area contributed by atoms with Gasteiger partial charge >= 0.3 is 0 Å². The van der Waals surface area contributed by atoms with Crippen molar-refractivity contribution < 1.29 is 9.47 Å². The number of hydrogen-bond donors (Lipinski definition) is 2. The zero-order valence-electron chi connectivity index (χ0n) is 17.6. The van der Waals surface area contributed by atoms with E-state index in [0.717, 1.165) is 18.3 Å². The van der Waals surface area contributed by atoms with Gasteiger partial charge in [0.1, 0.15) is 5.75 Å². The van der Waals surface area contributed by atoms with Gasteiger partial charge in [-0.1, -0.05) is 32.9 Å². The van der Waals surface area contributed by atoms with E-state index >= 15 is 0 Å². The lowest BCUT2D eigenvalue weighted by Crippen LogP contribution is -2.47. The summed E-state index contributed by atoms with van der Waals surface area (Å²) in [5.41, 5.74) is 1.26. The average molecular weight is 365 g/mol. The van der Waals surface area contributed by atoms with Gasteiger partial charge in [-0.2, -0.15) is 0 Å². The number of rotatable bonds is 8. The number of benzene rings is 1. The van der Waals surface area contributed by atoms with Crippen LogP contribution in [0.2, 0.25) is 0 Å². The van der Waals surface area contributed by atoms with Crippen molar-refractivity contribution in [2.45, 2.75) is 32.9 Å². The van der Waals surface area contributed by atoms with Gasteiger partial charge in [0.15, 0.2) is 5.96 Å². The maximum Gasteiger partial charge on any atom is 0.191 e. The standard InChI is InChI=1S/C20H36N4O2/c1-20(2,3)18(26-8)14-23-19(21-4)22-13-17(24(5)6)15-10-9-11-16(12-15)25-7/h9-12,17-18H,13-14H2,1-8H3,(H2,21,22,23).